The van der Waals surface area contributed by atoms with E-state index in [2.05, 4.69) is 15.1 Å². The molecule has 2 aromatic rings. The summed E-state index contributed by atoms with van der Waals surface area (Å²) in [7, 11) is -0.141. The van der Waals surface area contributed by atoms with Crippen molar-refractivity contribution >= 4 is 23.3 Å². The number of carbonyl (C=O) groups excluding carboxylic acids is 1. The van der Waals surface area contributed by atoms with E-state index in [1.807, 2.05) is 12.1 Å². The minimum absolute atomic E-state index is 0.00742. The Hall–Kier alpha value is -2.89. The van der Waals surface area contributed by atoms with Crippen molar-refractivity contribution in [2.75, 3.05) is 31.6 Å². The van der Waals surface area contributed by atoms with Crippen molar-refractivity contribution < 1.29 is 16.0 Å². The first-order valence-corrected chi connectivity index (χ1v) is 12.1. The maximum Gasteiger partial charge on any atom is 0.274 e. The van der Waals surface area contributed by atoms with Crippen LogP contribution in [0.1, 0.15) is 55.9 Å². The summed E-state index contributed by atoms with van der Waals surface area (Å²) in [6, 6.07) is 10.5. The number of halogens is 1. The lowest BCUT2D eigenvalue weighted by Crippen LogP contribution is -2.41. The molecule has 2 heterocycles. The van der Waals surface area contributed by atoms with E-state index in [1.54, 1.807) is 29.2 Å². The SMILES string of the molecule is [2H]CN(C(=O)c1ccc(N2CCC(CO)CC2)nn1)[C@H]1CC[C@H](Oc2ccc(C#N)c(Cl)c2)CC1. The van der Waals surface area contributed by atoms with Gasteiger partial charge in [0.1, 0.15) is 11.8 Å². The number of rotatable bonds is 6. The number of benzene rings is 1. The molecule has 1 saturated carbocycles. The number of ether oxygens (including phenoxy) is 1. The van der Waals surface area contributed by atoms with Gasteiger partial charge in [0.25, 0.3) is 5.91 Å². The zero-order valence-electron chi connectivity index (χ0n) is 20.1. The third-order valence-electron chi connectivity index (χ3n) is 6.78. The van der Waals surface area contributed by atoms with Crippen LogP contribution >= 0.6 is 11.6 Å². The Morgan fingerprint density at radius 1 is 1.24 bits per heavy atom. The Morgan fingerprint density at radius 2 is 2.00 bits per heavy atom. The normalized spacial score (nSPS) is 21.4. The number of aliphatic hydroxyl groups is 1. The molecule has 0 spiro atoms. The van der Waals surface area contributed by atoms with Gasteiger partial charge >= 0.3 is 0 Å². The average molecular weight is 485 g/mol. The van der Waals surface area contributed by atoms with Gasteiger partial charge in [0, 0.05) is 40.2 Å². The minimum atomic E-state index is -0.277. The highest BCUT2D eigenvalue weighted by atomic mass is 35.5. The Balaban J connectivity index is 1.31. The molecule has 1 amide bonds. The fraction of sp³-hybridized carbons (Fsp3) is 0.520. The van der Waals surface area contributed by atoms with Crippen LogP contribution in [0.2, 0.25) is 5.02 Å². The molecule has 8 nitrogen and oxygen atoms in total. The van der Waals surface area contributed by atoms with Crippen LogP contribution in [-0.4, -0.2) is 65.0 Å². The van der Waals surface area contributed by atoms with Gasteiger partial charge in [0.05, 0.1) is 16.7 Å². The highest BCUT2D eigenvalue weighted by molar-refractivity contribution is 6.31. The molecule has 0 atom stereocenters. The van der Waals surface area contributed by atoms with Crippen LogP contribution < -0.4 is 9.64 Å². The number of aliphatic hydroxyl groups excluding tert-OH is 1. The highest BCUT2D eigenvalue weighted by Gasteiger charge is 2.29. The largest absolute Gasteiger partial charge is 0.490 e. The summed E-state index contributed by atoms with van der Waals surface area (Å²) in [6.45, 7) is 1.84. The first-order chi connectivity index (χ1) is 17.0. The van der Waals surface area contributed by atoms with E-state index in [0.29, 0.717) is 22.3 Å². The van der Waals surface area contributed by atoms with E-state index < -0.39 is 0 Å². The zero-order valence-corrected chi connectivity index (χ0v) is 19.8. The molecule has 0 radical (unpaired) electrons. The number of hydrogen-bond donors (Lipinski definition) is 1. The molecule has 9 heteroatoms. The van der Waals surface area contributed by atoms with Gasteiger partial charge in [-0.25, -0.2) is 0 Å². The lowest BCUT2D eigenvalue weighted by atomic mass is 9.92. The Bertz CT molecular complexity index is 1050. The summed E-state index contributed by atoms with van der Waals surface area (Å²) in [4.78, 5) is 16.8. The maximum absolute atomic E-state index is 13.1. The molecule has 1 aliphatic carbocycles. The third-order valence-corrected chi connectivity index (χ3v) is 7.09. The number of piperidine rings is 1. The fourth-order valence-corrected chi connectivity index (χ4v) is 4.81. The summed E-state index contributed by atoms with van der Waals surface area (Å²) in [5.74, 6) is 1.42. The van der Waals surface area contributed by atoms with Gasteiger partial charge < -0.3 is 19.6 Å². The second-order valence-corrected chi connectivity index (χ2v) is 9.37. The van der Waals surface area contributed by atoms with Gasteiger partial charge in [-0.15, -0.1) is 10.2 Å². The third kappa shape index (κ3) is 5.60. The van der Waals surface area contributed by atoms with Crippen molar-refractivity contribution in [2.45, 2.75) is 50.7 Å². The first kappa shape index (κ1) is 22.9. The van der Waals surface area contributed by atoms with Crippen LogP contribution in [0.5, 0.6) is 5.75 Å². The van der Waals surface area contributed by atoms with Crippen LogP contribution in [0, 0.1) is 17.2 Å². The zero-order chi connectivity index (χ0) is 24.8. The van der Waals surface area contributed by atoms with E-state index in [4.69, 9.17) is 23.0 Å². The van der Waals surface area contributed by atoms with Crippen molar-refractivity contribution in [1.29, 1.82) is 5.26 Å². The molecule has 2 aliphatic rings. The molecule has 1 aliphatic heterocycles. The summed E-state index contributed by atoms with van der Waals surface area (Å²) >= 11 is 6.10. The van der Waals surface area contributed by atoms with Crippen LogP contribution in [0.25, 0.3) is 0 Å². The van der Waals surface area contributed by atoms with Crippen LogP contribution in [0.15, 0.2) is 30.3 Å². The molecular formula is C25H30ClN5O3. The lowest BCUT2D eigenvalue weighted by molar-refractivity contribution is 0.0603. The smallest absolute Gasteiger partial charge is 0.274 e. The van der Waals surface area contributed by atoms with E-state index in [0.717, 1.165) is 57.4 Å². The standard InChI is InChI=1S/C25H30ClN5O3/c1-30(19-3-6-20(7-4-19)34-21-5-2-18(15-27)22(26)14-21)25(33)23-8-9-24(29-28-23)31-12-10-17(16-32)11-13-31/h2,5,8-9,14,17,19-20,32H,3-4,6-7,10-13,16H2,1H3/t19-,20-/i1D. The Morgan fingerprint density at radius 3 is 2.59 bits per heavy atom. The van der Waals surface area contributed by atoms with Crippen molar-refractivity contribution in [1.82, 2.24) is 15.1 Å². The number of aromatic nitrogens is 2. The van der Waals surface area contributed by atoms with E-state index >= 15 is 0 Å². The number of carbonyl (C=O) groups is 1. The maximum atomic E-state index is 13.1. The van der Waals surface area contributed by atoms with E-state index in [9.17, 15) is 9.90 Å². The van der Waals surface area contributed by atoms with Crippen molar-refractivity contribution in [2.24, 2.45) is 5.92 Å². The number of nitrogens with zero attached hydrogens (tertiary/aromatic N) is 5. The van der Waals surface area contributed by atoms with Gasteiger partial charge in [0.15, 0.2) is 11.5 Å². The predicted octanol–water partition coefficient (Wildman–Crippen LogP) is 3.67. The Kier molecular flexibility index (Phi) is 7.42. The summed E-state index contributed by atoms with van der Waals surface area (Å²) in [6.07, 6.45) is 4.77. The molecular weight excluding hydrogens is 454 g/mol. The second kappa shape index (κ2) is 11.0. The average Bonchev–Trinajstić information content (AvgIpc) is 2.90. The van der Waals surface area contributed by atoms with Gasteiger partial charge in [0.2, 0.25) is 0 Å². The van der Waals surface area contributed by atoms with Crippen molar-refractivity contribution in [3.63, 3.8) is 0 Å². The Labute approximate surface area is 206 Å². The number of anilines is 1. The van der Waals surface area contributed by atoms with E-state index in [1.165, 1.54) is 0 Å². The topological polar surface area (TPSA) is 103 Å². The number of nitriles is 1. The second-order valence-electron chi connectivity index (χ2n) is 8.97. The monoisotopic (exact) mass is 484 g/mol. The minimum Gasteiger partial charge on any atom is -0.490 e. The van der Waals surface area contributed by atoms with Crippen LogP contribution in [0.4, 0.5) is 5.82 Å². The molecule has 1 saturated heterocycles. The van der Waals surface area contributed by atoms with Crippen LogP contribution in [-0.2, 0) is 0 Å². The summed E-state index contributed by atoms with van der Waals surface area (Å²) < 4.78 is 14.0. The first-order valence-electron chi connectivity index (χ1n) is 12.4. The summed E-state index contributed by atoms with van der Waals surface area (Å²) in [5.41, 5.74) is 0.659. The molecule has 0 bridgehead atoms. The molecule has 34 heavy (non-hydrogen) atoms. The molecule has 1 N–H and O–H groups in total. The lowest BCUT2D eigenvalue weighted by Gasteiger charge is -2.34. The molecule has 1 aromatic heterocycles. The molecule has 0 unspecified atom stereocenters. The highest BCUT2D eigenvalue weighted by Crippen LogP contribution is 2.29. The van der Waals surface area contributed by atoms with Gasteiger partial charge in [-0.05, 0) is 68.7 Å². The number of hydrogen-bond acceptors (Lipinski definition) is 7. The van der Waals surface area contributed by atoms with Crippen molar-refractivity contribution in [3.05, 3.63) is 46.6 Å². The van der Waals surface area contributed by atoms with Gasteiger partial charge in [-0.3, -0.25) is 4.79 Å². The fourth-order valence-electron chi connectivity index (χ4n) is 4.59. The molecule has 180 valence electrons. The number of amides is 1. The van der Waals surface area contributed by atoms with Gasteiger partial charge in [-0.1, -0.05) is 11.6 Å². The molecule has 4 rings (SSSR count). The predicted molar refractivity (Wildman–Crippen MR) is 129 cm³/mol. The van der Waals surface area contributed by atoms with Crippen LogP contribution in [0.3, 0.4) is 0 Å². The molecule has 1 aromatic carbocycles. The summed E-state index contributed by atoms with van der Waals surface area (Å²) in [5, 5.41) is 27.1. The quantitative estimate of drug-likeness (QED) is 0.667. The van der Waals surface area contributed by atoms with Gasteiger partial charge in [-0.2, -0.15) is 5.26 Å². The van der Waals surface area contributed by atoms with Crippen molar-refractivity contribution in [3.8, 4) is 11.8 Å². The molecule has 2 fully saturated rings. The van der Waals surface area contributed by atoms with E-state index in [-0.39, 0.29) is 37.4 Å².